The zero-order valence-electron chi connectivity index (χ0n) is 16.7. The molecule has 0 spiro atoms. The number of Topliss-reactive ketones (excluding diaryl/α,β-unsaturated/α-hetero) is 1. The number of aromatic nitrogens is 2. The molecule has 1 aliphatic heterocycles. The van der Waals surface area contributed by atoms with Gasteiger partial charge in [0.25, 0.3) is 0 Å². The Hall–Kier alpha value is -3.68. The third kappa shape index (κ3) is 3.20. The first kappa shape index (κ1) is 19.6. The topological polar surface area (TPSA) is 82.4 Å². The number of fused-ring (bicyclic) bond motifs is 1. The highest BCUT2D eigenvalue weighted by atomic mass is 19.1. The minimum atomic E-state index is -0.777. The molecule has 3 aromatic rings. The summed E-state index contributed by atoms with van der Waals surface area (Å²) >= 11 is 0. The summed E-state index contributed by atoms with van der Waals surface area (Å²) in [6.45, 7) is 1.76. The van der Waals surface area contributed by atoms with Crippen molar-refractivity contribution in [2.24, 2.45) is 0 Å². The number of halogens is 1. The fraction of sp³-hybridized carbons (Fsp3) is 0.227. The average molecular weight is 409 g/mol. The van der Waals surface area contributed by atoms with E-state index in [1.54, 1.807) is 37.3 Å². The molecule has 2 aromatic carbocycles. The lowest BCUT2D eigenvalue weighted by Gasteiger charge is -2.24. The molecule has 1 atom stereocenters. The van der Waals surface area contributed by atoms with E-state index in [9.17, 15) is 14.0 Å². The molecule has 0 bridgehead atoms. The number of amides is 1. The molecule has 0 aliphatic carbocycles. The van der Waals surface area contributed by atoms with Crippen molar-refractivity contribution in [2.75, 3.05) is 19.5 Å². The highest BCUT2D eigenvalue weighted by molar-refractivity contribution is 6.10. The van der Waals surface area contributed by atoms with Crippen LogP contribution in [-0.4, -0.2) is 35.7 Å². The Bertz CT molecular complexity index is 1130. The summed E-state index contributed by atoms with van der Waals surface area (Å²) in [4.78, 5) is 26.1. The van der Waals surface area contributed by atoms with Gasteiger partial charge in [-0.15, -0.1) is 0 Å². The van der Waals surface area contributed by atoms with Gasteiger partial charge in [-0.1, -0.05) is 12.1 Å². The molecular formula is C22H20FN3O4. The van der Waals surface area contributed by atoms with Crippen LogP contribution in [0.5, 0.6) is 11.5 Å². The van der Waals surface area contributed by atoms with Gasteiger partial charge in [-0.3, -0.25) is 9.59 Å². The van der Waals surface area contributed by atoms with Crippen molar-refractivity contribution >= 4 is 17.5 Å². The van der Waals surface area contributed by atoms with Crippen LogP contribution in [0, 0.1) is 12.7 Å². The number of hydrogen-bond donors (Lipinski definition) is 1. The normalized spacial score (nSPS) is 15.3. The predicted octanol–water partition coefficient (Wildman–Crippen LogP) is 3.65. The molecule has 0 saturated carbocycles. The average Bonchev–Trinajstić information content (AvgIpc) is 3.08. The molecule has 154 valence electrons. The Balaban J connectivity index is 1.86. The molecule has 0 unspecified atom stereocenters. The number of anilines is 1. The minimum absolute atomic E-state index is 0.0390. The molecule has 30 heavy (non-hydrogen) atoms. The second kappa shape index (κ2) is 7.62. The van der Waals surface area contributed by atoms with Crippen molar-refractivity contribution in [1.29, 1.82) is 0 Å². The number of ketones is 1. The summed E-state index contributed by atoms with van der Waals surface area (Å²) in [6, 6.07) is 10.9. The maximum absolute atomic E-state index is 13.8. The zero-order chi connectivity index (χ0) is 21.4. The highest BCUT2D eigenvalue weighted by Gasteiger charge is 2.38. The van der Waals surface area contributed by atoms with Crippen molar-refractivity contribution in [3.8, 4) is 17.2 Å². The molecule has 0 saturated heterocycles. The van der Waals surface area contributed by atoms with E-state index < -0.39 is 11.7 Å². The number of carbonyl (C=O) groups excluding carboxylic acids is 2. The van der Waals surface area contributed by atoms with E-state index in [0.717, 1.165) is 0 Å². The van der Waals surface area contributed by atoms with Crippen LogP contribution in [0.25, 0.3) is 5.69 Å². The van der Waals surface area contributed by atoms with Crippen molar-refractivity contribution in [2.45, 2.75) is 19.3 Å². The van der Waals surface area contributed by atoms with Crippen LogP contribution in [0.4, 0.5) is 10.2 Å². The van der Waals surface area contributed by atoms with Crippen molar-refractivity contribution in [3.05, 3.63) is 65.1 Å². The maximum atomic E-state index is 13.8. The molecule has 0 radical (unpaired) electrons. The third-order valence-corrected chi connectivity index (χ3v) is 5.15. The number of hydrogen-bond acceptors (Lipinski definition) is 5. The lowest BCUT2D eigenvalue weighted by Crippen LogP contribution is -2.29. The quantitative estimate of drug-likeness (QED) is 0.651. The summed E-state index contributed by atoms with van der Waals surface area (Å²) in [7, 11) is 2.94. The van der Waals surface area contributed by atoms with Gasteiger partial charge in [0.1, 0.15) is 28.7 Å². The molecule has 1 N–H and O–H groups in total. The number of aryl methyl sites for hydroxylation is 1. The van der Waals surface area contributed by atoms with Gasteiger partial charge < -0.3 is 14.8 Å². The van der Waals surface area contributed by atoms with E-state index in [2.05, 4.69) is 10.4 Å². The lowest BCUT2D eigenvalue weighted by molar-refractivity contribution is -0.116. The van der Waals surface area contributed by atoms with Gasteiger partial charge in [0, 0.05) is 12.0 Å². The SMILES string of the molecule is COc1cccc(OC)c1C(=O)[C@@H]1CC(=O)Nc2c1c(C)nn2-c1cccc(F)c1. The van der Waals surface area contributed by atoms with Crippen LogP contribution < -0.4 is 14.8 Å². The van der Waals surface area contributed by atoms with Crippen LogP contribution >= 0.6 is 0 Å². The Morgan fingerprint density at radius 1 is 1.17 bits per heavy atom. The zero-order valence-corrected chi connectivity index (χ0v) is 16.7. The standard InChI is InChI=1S/C22H20FN3O4/c1-12-19-15(21(28)20-16(29-2)8-5-9-17(20)30-3)11-18(27)24-22(19)26(25-12)14-7-4-6-13(23)10-14/h4-10,15H,11H2,1-3H3,(H,24,27)/t15-/m1/s1. The second-order valence-corrected chi connectivity index (χ2v) is 6.95. The van der Waals surface area contributed by atoms with Gasteiger partial charge in [0.15, 0.2) is 5.78 Å². The van der Waals surface area contributed by atoms with E-state index in [1.165, 1.54) is 31.0 Å². The lowest BCUT2D eigenvalue weighted by atomic mass is 9.85. The van der Waals surface area contributed by atoms with E-state index in [0.29, 0.717) is 34.3 Å². The first-order valence-corrected chi connectivity index (χ1v) is 9.35. The molecular weight excluding hydrogens is 389 g/mol. The maximum Gasteiger partial charge on any atom is 0.226 e. The Kier molecular flexibility index (Phi) is 4.99. The number of carbonyl (C=O) groups is 2. The van der Waals surface area contributed by atoms with Gasteiger partial charge in [0.2, 0.25) is 5.91 Å². The van der Waals surface area contributed by atoms with E-state index in [-0.39, 0.29) is 23.7 Å². The minimum Gasteiger partial charge on any atom is -0.496 e. The molecule has 4 rings (SSSR count). The second-order valence-electron chi connectivity index (χ2n) is 6.95. The predicted molar refractivity (Wildman–Crippen MR) is 108 cm³/mol. The molecule has 1 amide bonds. The van der Waals surface area contributed by atoms with Gasteiger partial charge in [-0.2, -0.15) is 5.10 Å². The van der Waals surface area contributed by atoms with E-state index in [1.807, 2.05) is 0 Å². The van der Waals surface area contributed by atoms with Crippen LogP contribution in [-0.2, 0) is 4.79 Å². The van der Waals surface area contributed by atoms with Crippen molar-refractivity contribution < 1.29 is 23.5 Å². The fourth-order valence-electron chi connectivity index (χ4n) is 3.83. The molecule has 1 aliphatic rings. The smallest absolute Gasteiger partial charge is 0.226 e. The summed E-state index contributed by atoms with van der Waals surface area (Å²) in [5.74, 6) is -0.746. The van der Waals surface area contributed by atoms with Gasteiger partial charge in [0.05, 0.1) is 31.5 Å². The number of nitrogens with one attached hydrogen (secondary N) is 1. The van der Waals surface area contributed by atoms with Crippen molar-refractivity contribution in [1.82, 2.24) is 9.78 Å². The van der Waals surface area contributed by atoms with Gasteiger partial charge >= 0.3 is 0 Å². The summed E-state index contributed by atoms with van der Waals surface area (Å²) < 4.78 is 25.9. The van der Waals surface area contributed by atoms with Crippen LogP contribution in [0.2, 0.25) is 0 Å². The van der Waals surface area contributed by atoms with E-state index >= 15 is 0 Å². The Morgan fingerprint density at radius 3 is 2.47 bits per heavy atom. The molecule has 0 fully saturated rings. The summed E-state index contributed by atoms with van der Waals surface area (Å²) in [6.07, 6.45) is -0.0390. The largest absolute Gasteiger partial charge is 0.496 e. The third-order valence-electron chi connectivity index (χ3n) is 5.15. The van der Waals surface area contributed by atoms with Crippen LogP contribution in [0.3, 0.4) is 0 Å². The number of nitrogens with zero attached hydrogens (tertiary/aromatic N) is 2. The summed E-state index contributed by atoms with van der Waals surface area (Å²) in [5.41, 5.74) is 1.88. The monoisotopic (exact) mass is 409 g/mol. The Morgan fingerprint density at radius 2 is 1.83 bits per heavy atom. The van der Waals surface area contributed by atoms with Crippen LogP contribution in [0.15, 0.2) is 42.5 Å². The van der Waals surface area contributed by atoms with Gasteiger partial charge in [-0.05, 0) is 37.3 Å². The number of ether oxygens (including phenoxy) is 2. The number of methoxy groups -OCH3 is 2. The van der Waals surface area contributed by atoms with Crippen molar-refractivity contribution in [3.63, 3.8) is 0 Å². The first-order valence-electron chi connectivity index (χ1n) is 9.35. The molecule has 8 heteroatoms. The molecule has 2 heterocycles. The Labute approximate surface area is 172 Å². The number of rotatable bonds is 5. The molecule has 1 aromatic heterocycles. The number of benzene rings is 2. The van der Waals surface area contributed by atoms with E-state index in [4.69, 9.17) is 9.47 Å². The highest BCUT2D eigenvalue weighted by Crippen LogP contribution is 2.41. The molecule has 7 nitrogen and oxygen atoms in total. The van der Waals surface area contributed by atoms with Gasteiger partial charge in [-0.25, -0.2) is 9.07 Å². The fourth-order valence-corrected chi connectivity index (χ4v) is 3.83. The summed E-state index contributed by atoms with van der Waals surface area (Å²) in [5, 5.41) is 7.26. The first-order chi connectivity index (χ1) is 14.4. The van der Waals surface area contributed by atoms with Crippen LogP contribution in [0.1, 0.15) is 34.0 Å².